The molecular weight excluding hydrogens is 501 g/mol. The smallest absolute Gasteiger partial charge is 0.267 e. The number of hydrogen-bond acceptors (Lipinski definition) is 7. The Morgan fingerprint density at radius 2 is 1.46 bits per heavy atom. The zero-order valence-corrected chi connectivity index (χ0v) is 20.9. The number of carbonyl (C=O) groups is 3. The number of nitrogens with one attached hydrogen (secondary N) is 1. The Morgan fingerprint density at radius 1 is 0.914 bits per heavy atom. The predicted molar refractivity (Wildman–Crippen MR) is 146 cm³/mol. The molecule has 3 amide bonds. The van der Waals surface area contributed by atoms with Gasteiger partial charge >= 0.3 is 0 Å². The number of hydrazone groups is 1. The van der Waals surface area contributed by atoms with E-state index in [9.17, 15) is 14.4 Å². The fraction of sp³-hybridized carbons (Fsp3) is 0.0800. The Bertz CT molecular complexity index is 1270. The minimum atomic E-state index is -0.526. The first kappa shape index (κ1) is 24.6. The van der Waals surface area contributed by atoms with Crippen LogP contribution in [-0.4, -0.2) is 50.1 Å². The monoisotopic (exact) mass is 520 g/mol. The highest BCUT2D eigenvalue weighted by atomic mass is 32.2. The number of nitrogens with zero attached hydrogens (tertiary/aromatic N) is 3. The molecule has 1 N–H and O–H groups in total. The summed E-state index contributed by atoms with van der Waals surface area (Å²) in [6, 6.07) is 18.9. The van der Waals surface area contributed by atoms with Crippen molar-refractivity contribution in [3.05, 3.63) is 94.3 Å². The van der Waals surface area contributed by atoms with Gasteiger partial charge in [-0.3, -0.25) is 24.2 Å². The molecule has 2 heterocycles. The maximum Gasteiger partial charge on any atom is 0.267 e. The largest absolute Gasteiger partial charge is 0.283 e. The SMILES string of the molecule is C=CCN1C(=O)C(=Cc2ccccc2)SC1=NNC(=O)CN1C(=O)C(=Cc2ccccc2)SC1=S. The number of rotatable bonds is 7. The van der Waals surface area contributed by atoms with Crippen molar-refractivity contribution >= 4 is 75.1 Å². The summed E-state index contributed by atoms with van der Waals surface area (Å²) in [6.45, 7) is 3.65. The molecular formula is C25H20N4O3S3. The van der Waals surface area contributed by atoms with Gasteiger partial charge < -0.3 is 0 Å². The topological polar surface area (TPSA) is 82.1 Å². The van der Waals surface area contributed by atoms with Crippen LogP contribution in [0.15, 0.2) is 88.2 Å². The van der Waals surface area contributed by atoms with Crippen molar-refractivity contribution in [2.45, 2.75) is 0 Å². The molecule has 2 aromatic carbocycles. The average Bonchev–Trinajstić information content (AvgIpc) is 3.29. The summed E-state index contributed by atoms with van der Waals surface area (Å²) in [4.78, 5) is 41.8. The highest BCUT2D eigenvalue weighted by molar-refractivity contribution is 8.26. The van der Waals surface area contributed by atoms with Crippen LogP contribution in [0.1, 0.15) is 11.1 Å². The zero-order valence-electron chi connectivity index (χ0n) is 18.4. The Kier molecular flexibility index (Phi) is 7.96. The first-order valence-corrected chi connectivity index (χ1v) is 12.5. The number of carbonyl (C=O) groups excluding carboxylic acids is 3. The van der Waals surface area contributed by atoms with Crippen LogP contribution < -0.4 is 5.43 Å². The minimum Gasteiger partial charge on any atom is -0.283 e. The van der Waals surface area contributed by atoms with Crippen molar-refractivity contribution in [1.29, 1.82) is 0 Å². The summed E-state index contributed by atoms with van der Waals surface area (Å²) in [7, 11) is 0. The highest BCUT2D eigenvalue weighted by Gasteiger charge is 2.35. The van der Waals surface area contributed by atoms with Crippen molar-refractivity contribution < 1.29 is 14.4 Å². The fourth-order valence-electron chi connectivity index (χ4n) is 3.21. The van der Waals surface area contributed by atoms with E-state index < -0.39 is 5.91 Å². The summed E-state index contributed by atoms with van der Waals surface area (Å²) in [5, 5.41) is 4.46. The molecule has 176 valence electrons. The molecule has 35 heavy (non-hydrogen) atoms. The van der Waals surface area contributed by atoms with Crippen molar-refractivity contribution in [2.24, 2.45) is 5.10 Å². The van der Waals surface area contributed by atoms with Crippen LogP contribution in [0.3, 0.4) is 0 Å². The molecule has 2 aliphatic heterocycles. The molecule has 2 aliphatic rings. The molecule has 0 aromatic heterocycles. The third-order valence-electron chi connectivity index (χ3n) is 4.85. The maximum atomic E-state index is 12.8. The van der Waals surface area contributed by atoms with E-state index in [1.165, 1.54) is 9.80 Å². The lowest BCUT2D eigenvalue weighted by atomic mass is 10.2. The molecule has 0 aliphatic carbocycles. The van der Waals surface area contributed by atoms with Crippen LogP contribution in [0, 0.1) is 0 Å². The number of amidine groups is 1. The third kappa shape index (κ3) is 5.97. The summed E-state index contributed by atoms with van der Waals surface area (Å²) < 4.78 is 0.298. The molecule has 7 nitrogen and oxygen atoms in total. The third-order valence-corrected chi connectivity index (χ3v) is 7.23. The van der Waals surface area contributed by atoms with Crippen molar-refractivity contribution in [3.63, 3.8) is 0 Å². The molecule has 10 heteroatoms. The lowest BCUT2D eigenvalue weighted by Gasteiger charge is -2.14. The zero-order chi connectivity index (χ0) is 24.8. The van der Waals surface area contributed by atoms with E-state index >= 15 is 0 Å². The Hall–Kier alpha value is -3.47. The standard InChI is InChI=1S/C25H20N4O3S3/c1-2-13-28-22(31)19(14-17-9-5-3-6-10-17)34-24(28)27-26-21(30)16-29-23(32)20(35-25(29)33)15-18-11-7-4-8-12-18/h2-12,14-15H,1,13,16H2,(H,26,30). The van der Waals surface area contributed by atoms with Crippen LogP contribution in [0.5, 0.6) is 0 Å². The van der Waals surface area contributed by atoms with E-state index in [1.807, 2.05) is 60.7 Å². The second-order valence-corrected chi connectivity index (χ2v) is 10.0. The Labute approximate surface area is 216 Å². The number of benzene rings is 2. The van der Waals surface area contributed by atoms with Crippen LogP contribution in [0.4, 0.5) is 0 Å². The van der Waals surface area contributed by atoms with E-state index in [0.29, 0.717) is 19.3 Å². The van der Waals surface area contributed by atoms with Gasteiger partial charge in [0.15, 0.2) is 5.17 Å². The molecule has 2 fully saturated rings. The van der Waals surface area contributed by atoms with Crippen molar-refractivity contribution in [2.75, 3.05) is 13.1 Å². The van der Waals surface area contributed by atoms with Gasteiger partial charge in [0.2, 0.25) is 0 Å². The summed E-state index contributed by atoms with van der Waals surface area (Å²) in [5.41, 5.74) is 4.19. The number of thiocarbonyl (C=S) groups is 1. The van der Waals surface area contributed by atoms with Gasteiger partial charge in [0, 0.05) is 6.54 Å². The maximum absolute atomic E-state index is 12.8. The summed E-state index contributed by atoms with van der Waals surface area (Å²) in [6.07, 6.45) is 5.10. The van der Waals surface area contributed by atoms with Gasteiger partial charge in [0.05, 0.1) is 9.81 Å². The van der Waals surface area contributed by atoms with Gasteiger partial charge in [0.1, 0.15) is 10.9 Å². The van der Waals surface area contributed by atoms with Gasteiger partial charge in [-0.2, -0.15) is 0 Å². The van der Waals surface area contributed by atoms with E-state index in [-0.39, 0.29) is 24.9 Å². The van der Waals surface area contributed by atoms with Gasteiger partial charge in [-0.05, 0) is 35.0 Å². The lowest BCUT2D eigenvalue weighted by Crippen LogP contribution is -2.39. The average molecular weight is 521 g/mol. The molecule has 0 saturated carbocycles. The summed E-state index contributed by atoms with van der Waals surface area (Å²) in [5.74, 6) is -1.09. The van der Waals surface area contributed by atoms with E-state index in [4.69, 9.17) is 12.2 Å². The highest BCUT2D eigenvalue weighted by Crippen LogP contribution is 2.33. The number of hydrogen-bond donors (Lipinski definition) is 1. The van der Waals surface area contributed by atoms with Crippen LogP contribution in [0.2, 0.25) is 0 Å². The quantitative estimate of drug-likeness (QED) is 0.257. The second-order valence-electron chi connectivity index (χ2n) is 7.33. The molecule has 0 bridgehead atoms. The molecule has 0 atom stereocenters. The molecule has 0 spiro atoms. The van der Waals surface area contributed by atoms with Gasteiger partial charge in [-0.15, -0.1) is 11.7 Å². The lowest BCUT2D eigenvalue weighted by molar-refractivity contribution is -0.128. The van der Waals surface area contributed by atoms with Gasteiger partial charge in [-0.1, -0.05) is 90.7 Å². The Morgan fingerprint density at radius 3 is 2.03 bits per heavy atom. The van der Waals surface area contributed by atoms with Crippen molar-refractivity contribution in [3.8, 4) is 0 Å². The molecule has 0 radical (unpaired) electrons. The predicted octanol–water partition coefficient (Wildman–Crippen LogP) is 4.08. The number of thioether (sulfide) groups is 2. The Balaban J connectivity index is 1.43. The van der Waals surface area contributed by atoms with Gasteiger partial charge in [0.25, 0.3) is 17.7 Å². The second kappa shape index (κ2) is 11.3. The number of amides is 3. The molecule has 4 rings (SSSR count). The van der Waals surface area contributed by atoms with Crippen LogP contribution >= 0.6 is 35.7 Å². The van der Waals surface area contributed by atoms with E-state index in [1.54, 1.807) is 18.2 Å². The summed E-state index contributed by atoms with van der Waals surface area (Å²) >= 11 is 7.61. The minimum absolute atomic E-state index is 0.227. The first-order chi connectivity index (χ1) is 17.0. The molecule has 0 unspecified atom stereocenters. The van der Waals surface area contributed by atoms with Gasteiger partial charge in [-0.25, -0.2) is 5.43 Å². The first-order valence-electron chi connectivity index (χ1n) is 10.5. The molecule has 2 aromatic rings. The van der Waals surface area contributed by atoms with E-state index in [0.717, 1.165) is 34.7 Å². The van der Waals surface area contributed by atoms with Crippen LogP contribution in [0.25, 0.3) is 12.2 Å². The van der Waals surface area contributed by atoms with Crippen molar-refractivity contribution in [1.82, 2.24) is 15.2 Å². The normalized spacial score (nSPS) is 19.3. The van der Waals surface area contributed by atoms with E-state index in [2.05, 4.69) is 17.1 Å². The molecule has 2 saturated heterocycles. The van der Waals surface area contributed by atoms with Crippen LogP contribution in [-0.2, 0) is 14.4 Å². The fourth-order valence-corrected chi connectivity index (χ4v) is 5.41.